The summed E-state index contributed by atoms with van der Waals surface area (Å²) in [6.45, 7) is 4.58. The van der Waals surface area contributed by atoms with Gasteiger partial charge in [-0.15, -0.1) is 23.7 Å². The highest BCUT2D eigenvalue weighted by Crippen LogP contribution is 2.40. The summed E-state index contributed by atoms with van der Waals surface area (Å²) in [4.78, 5) is 46.1. The lowest BCUT2D eigenvalue weighted by molar-refractivity contribution is -0.114. The molecule has 0 unspecified atom stereocenters. The van der Waals surface area contributed by atoms with E-state index >= 15 is 0 Å². The molecule has 6 N–H and O–H groups in total. The molecule has 1 aliphatic heterocycles. The van der Waals surface area contributed by atoms with E-state index < -0.39 is 0 Å². The molecule has 9 nitrogen and oxygen atoms in total. The van der Waals surface area contributed by atoms with Crippen LogP contribution in [0.1, 0.15) is 45.9 Å². The summed E-state index contributed by atoms with van der Waals surface area (Å²) in [7, 11) is 0. The fraction of sp³-hybridized carbons (Fsp3) is 0.167. The molecular formula is C36H38ClN5O4S. The highest BCUT2D eigenvalue weighted by atomic mass is 35.5. The van der Waals surface area contributed by atoms with Crippen molar-refractivity contribution in [3.8, 4) is 22.4 Å². The lowest BCUT2D eigenvalue weighted by Gasteiger charge is -2.23. The molecule has 47 heavy (non-hydrogen) atoms. The Kier molecular flexibility index (Phi) is 13.4. The number of anilines is 3. The van der Waals surface area contributed by atoms with Crippen molar-refractivity contribution >= 4 is 58.0 Å². The van der Waals surface area contributed by atoms with Gasteiger partial charge in [0.2, 0.25) is 5.91 Å². The van der Waals surface area contributed by atoms with Gasteiger partial charge in [-0.3, -0.25) is 14.4 Å². The van der Waals surface area contributed by atoms with Crippen molar-refractivity contribution in [1.29, 1.82) is 0 Å². The second-order valence-corrected chi connectivity index (χ2v) is 11.5. The molecule has 0 radical (unpaired) electrons. The molecule has 1 aliphatic rings. The van der Waals surface area contributed by atoms with Crippen molar-refractivity contribution in [1.82, 2.24) is 4.98 Å². The monoisotopic (exact) mass is 671 g/mol. The van der Waals surface area contributed by atoms with E-state index in [1.54, 1.807) is 35.2 Å². The Labute approximate surface area is 284 Å². The summed E-state index contributed by atoms with van der Waals surface area (Å²) in [5.74, 6) is -0.679. The van der Waals surface area contributed by atoms with E-state index in [9.17, 15) is 14.4 Å². The molecular weight excluding hydrogens is 634 g/mol. The number of carbonyl (C=O) groups excluding carboxylic acids is 3. The first-order chi connectivity index (χ1) is 21.9. The van der Waals surface area contributed by atoms with Crippen LogP contribution in [0.4, 0.5) is 16.5 Å². The molecule has 2 heterocycles. The molecule has 1 aromatic heterocycles. The predicted octanol–water partition coefficient (Wildman–Crippen LogP) is 6.84. The van der Waals surface area contributed by atoms with Crippen molar-refractivity contribution in [3.63, 3.8) is 0 Å². The first kappa shape index (κ1) is 36.6. The Morgan fingerprint density at radius 3 is 2.13 bits per heavy atom. The minimum Gasteiger partial charge on any atom is -0.412 e. The second kappa shape index (κ2) is 17.2. The molecule has 0 bridgehead atoms. The summed E-state index contributed by atoms with van der Waals surface area (Å²) < 4.78 is 0. The van der Waals surface area contributed by atoms with Gasteiger partial charge in [-0.25, -0.2) is 4.98 Å². The van der Waals surface area contributed by atoms with Gasteiger partial charge in [0, 0.05) is 40.2 Å². The number of hydrogen-bond donors (Lipinski definition) is 3. The number of amides is 3. The van der Waals surface area contributed by atoms with Gasteiger partial charge in [0.25, 0.3) is 11.8 Å². The number of fused-ring (bicyclic) bond motifs is 3. The Balaban J connectivity index is 0.00000116. The van der Waals surface area contributed by atoms with Crippen molar-refractivity contribution in [2.45, 2.75) is 26.7 Å². The summed E-state index contributed by atoms with van der Waals surface area (Å²) in [6.07, 6.45) is 1.83. The molecule has 3 amide bonds. The number of hydrogen-bond acceptors (Lipinski definition) is 6. The van der Waals surface area contributed by atoms with Crippen LogP contribution in [0.2, 0.25) is 0 Å². The Bertz CT molecular complexity index is 1810. The predicted molar refractivity (Wildman–Crippen MR) is 194 cm³/mol. The third kappa shape index (κ3) is 8.49. The van der Waals surface area contributed by atoms with Gasteiger partial charge in [-0.05, 0) is 47.5 Å². The molecule has 11 heteroatoms. The molecule has 0 fully saturated rings. The maximum atomic E-state index is 13.7. The van der Waals surface area contributed by atoms with Crippen molar-refractivity contribution in [3.05, 3.63) is 119 Å². The number of nitrogens with zero attached hydrogens (tertiary/aromatic N) is 2. The Hall–Kier alpha value is -4.87. The number of nitrogens with one attached hydrogen (secondary N) is 2. The molecule has 0 aliphatic carbocycles. The molecule has 5 aromatic rings. The fourth-order valence-corrected chi connectivity index (χ4v) is 5.99. The van der Waals surface area contributed by atoms with E-state index in [1.807, 2.05) is 72.8 Å². The van der Waals surface area contributed by atoms with Gasteiger partial charge in [-0.1, -0.05) is 87.0 Å². The highest BCUT2D eigenvalue weighted by molar-refractivity contribution is 7.16. The van der Waals surface area contributed by atoms with Crippen molar-refractivity contribution in [2.24, 2.45) is 5.73 Å². The summed E-state index contributed by atoms with van der Waals surface area (Å²) in [5, 5.41) is 6.19. The van der Waals surface area contributed by atoms with Crippen LogP contribution in [0, 0.1) is 0 Å². The van der Waals surface area contributed by atoms with Crippen LogP contribution in [-0.2, 0) is 11.2 Å². The quantitative estimate of drug-likeness (QED) is 0.181. The van der Waals surface area contributed by atoms with Crippen LogP contribution in [0.5, 0.6) is 0 Å². The molecule has 0 saturated heterocycles. The zero-order chi connectivity index (χ0) is 31.8. The first-order valence-corrected chi connectivity index (χ1v) is 15.7. The molecule has 244 valence electrons. The van der Waals surface area contributed by atoms with Gasteiger partial charge in [0.15, 0.2) is 5.13 Å². The maximum Gasteiger partial charge on any atom is 0.258 e. The number of para-hydroxylation sites is 1. The zero-order valence-electron chi connectivity index (χ0n) is 26.2. The van der Waals surface area contributed by atoms with E-state index in [0.29, 0.717) is 34.9 Å². The van der Waals surface area contributed by atoms with Crippen molar-refractivity contribution < 1.29 is 19.9 Å². The SMILES string of the molecule is CCC.Cl.NCC(=O)Nc1nc2c(s1)CCN(C(=O)c1ccc(NC(=O)c3ccccc3-c3ccccc3)cc1)c1ccccc1-2.O. The number of thiazole rings is 1. The molecule has 0 spiro atoms. The zero-order valence-corrected chi connectivity index (χ0v) is 27.8. The third-order valence-electron chi connectivity index (χ3n) is 7.03. The van der Waals surface area contributed by atoms with E-state index in [2.05, 4.69) is 29.5 Å². The summed E-state index contributed by atoms with van der Waals surface area (Å²) in [5.41, 5.74) is 11.2. The van der Waals surface area contributed by atoms with Crippen LogP contribution < -0.4 is 21.3 Å². The minimum absolute atomic E-state index is 0. The minimum atomic E-state index is -0.302. The van der Waals surface area contributed by atoms with Crippen molar-refractivity contribution in [2.75, 3.05) is 28.6 Å². The number of nitrogens with two attached hydrogens (primary N) is 1. The number of aromatic nitrogens is 1. The second-order valence-electron chi connectivity index (χ2n) is 10.4. The number of halogens is 1. The average molecular weight is 672 g/mol. The van der Waals surface area contributed by atoms with E-state index in [0.717, 1.165) is 32.9 Å². The smallest absolute Gasteiger partial charge is 0.258 e. The topological polar surface area (TPSA) is 149 Å². The highest BCUT2D eigenvalue weighted by Gasteiger charge is 2.27. The standard InChI is InChI=1S/C33H27N5O3S.C3H8.ClH.H2O/c34-20-29(39)36-33-37-30-26-12-6-7-13-27(26)38(19-18-28(30)42-33)32(41)22-14-16-23(17-15-22)35-31(40)25-11-5-4-10-24(25)21-8-2-1-3-9-21;1-3-2;;/h1-17H,18-20,34H2,(H,35,40)(H,36,37,39);3H2,1-2H3;1H;1H2. The van der Waals surface area contributed by atoms with E-state index in [1.165, 1.54) is 17.8 Å². The first-order valence-electron chi connectivity index (χ1n) is 14.9. The fourth-order valence-electron chi connectivity index (χ4n) is 5.01. The molecule has 0 atom stereocenters. The number of rotatable bonds is 6. The van der Waals surface area contributed by atoms with Crippen LogP contribution in [0.25, 0.3) is 22.4 Å². The van der Waals surface area contributed by atoms with Crippen LogP contribution in [0.3, 0.4) is 0 Å². The van der Waals surface area contributed by atoms with Gasteiger partial charge >= 0.3 is 0 Å². The maximum absolute atomic E-state index is 13.7. The Morgan fingerprint density at radius 1 is 0.830 bits per heavy atom. The Morgan fingerprint density at radius 2 is 1.45 bits per heavy atom. The third-order valence-corrected chi connectivity index (χ3v) is 8.06. The normalized spacial score (nSPS) is 11.2. The van der Waals surface area contributed by atoms with E-state index in [-0.39, 0.29) is 42.1 Å². The summed E-state index contributed by atoms with van der Waals surface area (Å²) in [6, 6.07) is 31.8. The summed E-state index contributed by atoms with van der Waals surface area (Å²) >= 11 is 1.39. The lowest BCUT2D eigenvalue weighted by Crippen LogP contribution is -2.32. The molecule has 4 aromatic carbocycles. The van der Waals surface area contributed by atoms with Gasteiger partial charge in [0.1, 0.15) is 0 Å². The van der Waals surface area contributed by atoms with E-state index in [4.69, 9.17) is 5.73 Å². The largest absolute Gasteiger partial charge is 0.412 e. The van der Waals surface area contributed by atoms with Crippen LogP contribution in [0.15, 0.2) is 103 Å². The number of benzene rings is 4. The molecule has 0 saturated carbocycles. The van der Waals surface area contributed by atoms with Gasteiger partial charge in [0.05, 0.1) is 17.9 Å². The average Bonchev–Trinajstić information content (AvgIpc) is 3.41. The van der Waals surface area contributed by atoms with Crippen LogP contribution >= 0.6 is 23.7 Å². The molecule has 6 rings (SSSR count). The van der Waals surface area contributed by atoms with Gasteiger partial charge in [-0.2, -0.15) is 0 Å². The van der Waals surface area contributed by atoms with Crippen LogP contribution in [-0.4, -0.2) is 41.3 Å². The number of carbonyl (C=O) groups is 3. The lowest BCUT2D eigenvalue weighted by atomic mass is 9.99. The van der Waals surface area contributed by atoms with Gasteiger partial charge < -0.3 is 26.7 Å².